The van der Waals surface area contributed by atoms with Crippen LogP contribution in [-0.4, -0.2) is 21.5 Å². The van der Waals surface area contributed by atoms with Crippen LogP contribution in [0.15, 0.2) is 18.2 Å². The Morgan fingerprint density at radius 2 is 2.00 bits per heavy atom. The van der Waals surface area contributed by atoms with Gasteiger partial charge in [-0.05, 0) is 18.2 Å². The first-order chi connectivity index (χ1) is 7.88. The number of hydrogen-bond acceptors (Lipinski definition) is 3. The van der Waals surface area contributed by atoms with Crippen LogP contribution in [0.4, 0.5) is 10.1 Å². The van der Waals surface area contributed by atoms with Crippen molar-refractivity contribution in [3.63, 3.8) is 0 Å². The SMILES string of the molecule is C[Si](C)(C)CCOCOc1ccc(N)c(F)c1. The van der Waals surface area contributed by atoms with Gasteiger partial charge in [-0.3, -0.25) is 0 Å². The summed E-state index contributed by atoms with van der Waals surface area (Å²) in [6.45, 7) is 7.69. The Kier molecular flexibility index (Phi) is 4.96. The van der Waals surface area contributed by atoms with Gasteiger partial charge in [0.2, 0.25) is 0 Å². The molecule has 0 bridgehead atoms. The molecule has 0 heterocycles. The van der Waals surface area contributed by atoms with Crippen LogP contribution >= 0.6 is 0 Å². The summed E-state index contributed by atoms with van der Waals surface area (Å²) in [7, 11) is -1.06. The summed E-state index contributed by atoms with van der Waals surface area (Å²) in [5.41, 5.74) is 5.48. The summed E-state index contributed by atoms with van der Waals surface area (Å²) in [4.78, 5) is 0. The first-order valence-electron chi connectivity index (χ1n) is 5.64. The monoisotopic (exact) mass is 257 g/mol. The van der Waals surface area contributed by atoms with Gasteiger partial charge in [0.05, 0.1) is 5.69 Å². The van der Waals surface area contributed by atoms with Crippen molar-refractivity contribution >= 4 is 13.8 Å². The first-order valence-corrected chi connectivity index (χ1v) is 9.35. The second-order valence-electron chi connectivity index (χ2n) is 5.16. The van der Waals surface area contributed by atoms with Crippen molar-refractivity contribution in [2.45, 2.75) is 25.7 Å². The smallest absolute Gasteiger partial charge is 0.189 e. The zero-order chi connectivity index (χ0) is 12.9. The highest BCUT2D eigenvalue weighted by Gasteiger charge is 2.11. The summed E-state index contributed by atoms with van der Waals surface area (Å²) < 4.78 is 23.7. The van der Waals surface area contributed by atoms with E-state index in [0.717, 1.165) is 6.04 Å². The van der Waals surface area contributed by atoms with Crippen molar-refractivity contribution in [2.75, 3.05) is 19.1 Å². The van der Waals surface area contributed by atoms with Gasteiger partial charge in [0.15, 0.2) is 6.79 Å². The lowest BCUT2D eigenvalue weighted by Crippen LogP contribution is -2.22. The third kappa shape index (κ3) is 5.70. The van der Waals surface area contributed by atoms with Gasteiger partial charge in [0, 0.05) is 20.7 Å². The van der Waals surface area contributed by atoms with E-state index in [0.29, 0.717) is 12.4 Å². The molecule has 0 unspecified atom stereocenters. The number of halogens is 1. The molecule has 3 nitrogen and oxygen atoms in total. The van der Waals surface area contributed by atoms with Crippen LogP contribution in [0, 0.1) is 5.82 Å². The molecule has 1 rings (SSSR count). The molecule has 17 heavy (non-hydrogen) atoms. The number of anilines is 1. The summed E-state index contributed by atoms with van der Waals surface area (Å²) in [6.07, 6.45) is 0. The third-order valence-corrected chi connectivity index (χ3v) is 3.98. The summed E-state index contributed by atoms with van der Waals surface area (Å²) in [5.74, 6) is -0.0331. The van der Waals surface area contributed by atoms with Gasteiger partial charge in [-0.25, -0.2) is 4.39 Å². The van der Waals surface area contributed by atoms with Gasteiger partial charge in [-0.1, -0.05) is 19.6 Å². The van der Waals surface area contributed by atoms with Crippen LogP contribution in [0.3, 0.4) is 0 Å². The van der Waals surface area contributed by atoms with E-state index < -0.39 is 13.9 Å². The number of benzene rings is 1. The van der Waals surface area contributed by atoms with E-state index in [2.05, 4.69) is 19.6 Å². The normalized spacial score (nSPS) is 11.5. The molecule has 2 N–H and O–H groups in total. The Morgan fingerprint density at radius 3 is 2.59 bits per heavy atom. The van der Waals surface area contributed by atoms with Crippen LogP contribution in [0.25, 0.3) is 0 Å². The van der Waals surface area contributed by atoms with E-state index in [1.54, 1.807) is 6.07 Å². The lowest BCUT2D eigenvalue weighted by atomic mass is 10.3. The highest BCUT2D eigenvalue weighted by Crippen LogP contribution is 2.17. The number of nitrogen functional groups attached to an aromatic ring is 1. The molecular weight excluding hydrogens is 237 g/mol. The topological polar surface area (TPSA) is 44.5 Å². The molecule has 0 aliphatic heterocycles. The standard InChI is InChI=1S/C12H20FNO2Si/c1-17(2,3)7-6-15-9-16-10-4-5-12(14)11(13)8-10/h4-5,8H,6-7,9,14H2,1-3H3. The summed E-state index contributed by atoms with van der Waals surface area (Å²) in [6, 6.07) is 5.46. The Balaban J connectivity index is 2.25. The van der Waals surface area contributed by atoms with Crippen LogP contribution in [-0.2, 0) is 4.74 Å². The molecule has 0 atom stereocenters. The lowest BCUT2D eigenvalue weighted by Gasteiger charge is -2.15. The van der Waals surface area contributed by atoms with E-state index in [1.165, 1.54) is 12.1 Å². The Morgan fingerprint density at radius 1 is 1.29 bits per heavy atom. The number of hydrogen-bond donors (Lipinski definition) is 1. The predicted molar refractivity (Wildman–Crippen MR) is 70.4 cm³/mol. The maximum absolute atomic E-state index is 13.1. The van der Waals surface area contributed by atoms with Crippen molar-refractivity contribution in [3.8, 4) is 5.75 Å². The molecule has 0 saturated carbocycles. The number of ether oxygens (including phenoxy) is 2. The van der Waals surface area contributed by atoms with Crippen LogP contribution < -0.4 is 10.5 Å². The van der Waals surface area contributed by atoms with E-state index in [1.807, 2.05) is 0 Å². The van der Waals surface area contributed by atoms with Crippen molar-refractivity contribution in [2.24, 2.45) is 0 Å². The largest absolute Gasteiger partial charge is 0.467 e. The quantitative estimate of drug-likeness (QED) is 0.368. The fourth-order valence-electron chi connectivity index (χ4n) is 1.14. The van der Waals surface area contributed by atoms with Crippen molar-refractivity contribution < 1.29 is 13.9 Å². The molecule has 0 aliphatic rings. The van der Waals surface area contributed by atoms with Gasteiger partial charge in [-0.2, -0.15) is 0 Å². The van der Waals surface area contributed by atoms with Crippen molar-refractivity contribution in [1.29, 1.82) is 0 Å². The number of nitrogens with two attached hydrogens (primary N) is 1. The minimum Gasteiger partial charge on any atom is -0.467 e. The first kappa shape index (κ1) is 14.0. The van der Waals surface area contributed by atoms with Gasteiger partial charge < -0.3 is 15.2 Å². The fraction of sp³-hybridized carbons (Fsp3) is 0.500. The zero-order valence-corrected chi connectivity index (χ0v) is 11.6. The molecule has 0 aliphatic carbocycles. The zero-order valence-electron chi connectivity index (χ0n) is 10.6. The Bertz CT molecular complexity index is 366. The second-order valence-corrected chi connectivity index (χ2v) is 10.8. The van der Waals surface area contributed by atoms with E-state index in [9.17, 15) is 4.39 Å². The van der Waals surface area contributed by atoms with E-state index >= 15 is 0 Å². The molecule has 96 valence electrons. The fourth-order valence-corrected chi connectivity index (χ4v) is 1.90. The highest BCUT2D eigenvalue weighted by atomic mass is 28.3. The van der Waals surface area contributed by atoms with Gasteiger partial charge in [-0.15, -0.1) is 0 Å². The maximum atomic E-state index is 13.1. The van der Waals surface area contributed by atoms with Gasteiger partial charge in [0.25, 0.3) is 0 Å². The highest BCUT2D eigenvalue weighted by molar-refractivity contribution is 6.76. The second kappa shape index (κ2) is 6.02. The predicted octanol–water partition coefficient (Wildman–Crippen LogP) is 3.10. The lowest BCUT2D eigenvalue weighted by molar-refractivity contribution is 0.0219. The molecule has 0 fully saturated rings. The van der Waals surface area contributed by atoms with Crippen LogP contribution in [0.1, 0.15) is 0 Å². The van der Waals surface area contributed by atoms with Crippen molar-refractivity contribution in [3.05, 3.63) is 24.0 Å². The van der Waals surface area contributed by atoms with Gasteiger partial charge >= 0.3 is 0 Å². The van der Waals surface area contributed by atoms with Crippen molar-refractivity contribution in [1.82, 2.24) is 0 Å². The minimum atomic E-state index is -1.06. The van der Waals surface area contributed by atoms with Crippen LogP contribution in [0.2, 0.25) is 25.7 Å². The molecule has 0 saturated heterocycles. The Labute approximate surface area is 103 Å². The van der Waals surface area contributed by atoms with E-state index in [4.69, 9.17) is 15.2 Å². The Hall–Kier alpha value is -1.07. The average Bonchev–Trinajstić information content (AvgIpc) is 2.21. The molecule has 0 aromatic heterocycles. The average molecular weight is 257 g/mol. The molecule has 1 aromatic carbocycles. The van der Waals surface area contributed by atoms with E-state index in [-0.39, 0.29) is 12.5 Å². The summed E-state index contributed by atoms with van der Waals surface area (Å²) >= 11 is 0. The molecule has 5 heteroatoms. The minimum absolute atomic E-state index is 0.122. The van der Waals surface area contributed by atoms with Crippen LogP contribution in [0.5, 0.6) is 5.75 Å². The molecule has 0 radical (unpaired) electrons. The third-order valence-electron chi connectivity index (χ3n) is 2.28. The number of rotatable bonds is 6. The molecule has 0 spiro atoms. The maximum Gasteiger partial charge on any atom is 0.189 e. The van der Waals surface area contributed by atoms with Gasteiger partial charge in [0.1, 0.15) is 11.6 Å². The molecular formula is C12H20FNO2Si. The molecule has 0 amide bonds. The molecule has 1 aromatic rings. The summed E-state index contributed by atoms with van der Waals surface area (Å²) in [5, 5.41) is 0.